The number of amides is 1. The number of primary amides is 1. The van der Waals surface area contributed by atoms with Crippen LogP contribution in [0.25, 0.3) is 27.7 Å². The van der Waals surface area contributed by atoms with Crippen molar-refractivity contribution in [1.29, 1.82) is 0 Å². The molecule has 1 aliphatic heterocycles. The molecule has 7 heteroatoms. The highest BCUT2D eigenvalue weighted by molar-refractivity contribution is 6.05. The van der Waals surface area contributed by atoms with E-state index >= 15 is 0 Å². The van der Waals surface area contributed by atoms with Gasteiger partial charge in [-0.3, -0.25) is 9.78 Å². The van der Waals surface area contributed by atoms with Crippen molar-refractivity contribution in [3.63, 3.8) is 0 Å². The van der Waals surface area contributed by atoms with E-state index < -0.39 is 5.91 Å². The van der Waals surface area contributed by atoms with E-state index in [4.69, 9.17) is 10.5 Å². The maximum absolute atomic E-state index is 12.1. The maximum atomic E-state index is 12.1. The first kappa shape index (κ1) is 18.3. The van der Waals surface area contributed by atoms with Gasteiger partial charge in [0.05, 0.1) is 24.4 Å². The lowest BCUT2D eigenvalue weighted by atomic mass is 10.0. The minimum Gasteiger partial charge on any atom is -0.378 e. The number of fused-ring (bicyclic) bond motifs is 1. The molecule has 1 aliphatic rings. The summed E-state index contributed by atoms with van der Waals surface area (Å²) < 4.78 is 7.20. The summed E-state index contributed by atoms with van der Waals surface area (Å²) in [7, 11) is 0. The Labute approximate surface area is 173 Å². The van der Waals surface area contributed by atoms with Crippen LogP contribution in [0.4, 0.5) is 5.69 Å². The number of nitrogens with two attached hydrogens (primary N) is 1. The van der Waals surface area contributed by atoms with Crippen LogP contribution in [0, 0.1) is 0 Å². The highest BCUT2D eigenvalue weighted by Gasteiger charge is 2.17. The van der Waals surface area contributed by atoms with Gasteiger partial charge in [0.25, 0.3) is 5.91 Å². The fourth-order valence-electron chi connectivity index (χ4n) is 3.84. The zero-order chi connectivity index (χ0) is 20.5. The maximum Gasteiger partial charge on any atom is 0.269 e. The van der Waals surface area contributed by atoms with Gasteiger partial charge in [0, 0.05) is 42.1 Å². The van der Waals surface area contributed by atoms with Crippen molar-refractivity contribution in [1.82, 2.24) is 14.8 Å². The number of nitrogens with zero attached hydrogens (tertiary/aromatic N) is 4. The molecule has 0 spiro atoms. The summed E-state index contributed by atoms with van der Waals surface area (Å²) in [5.74, 6) is -0.549. The van der Waals surface area contributed by atoms with Crippen LogP contribution in [0.5, 0.6) is 0 Å². The first-order valence-corrected chi connectivity index (χ1v) is 9.87. The number of pyridine rings is 1. The van der Waals surface area contributed by atoms with Gasteiger partial charge < -0.3 is 15.4 Å². The third-order valence-corrected chi connectivity index (χ3v) is 5.38. The van der Waals surface area contributed by atoms with Crippen molar-refractivity contribution in [2.24, 2.45) is 5.73 Å². The second kappa shape index (κ2) is 7.61. The summed E-state index contributed by atoms with van der Waals surface area (Å²) in [5, 5.41) is 5.25. The number of rotatable bonds is 4. The zero-order valence-electron chi connectivity index (χ0n) is 16.4. The van der Waals surface area contributed by atoms with E-state index in [0.717, 1.165) is 59.7 Å². The van der Waals surface area contributed by atoms with Crippen molar-refractivity contribution in [2.75, 3.05) is 31.2 Å². The molecule has 2 N–H and O–H groups in total. The Bertz CT molecular complexity index is 1200. The minimum absolute atomic E-state index is 0.257. The van der Waals surface area contributed by atoms with E-state index in [0.29, 0.717) is 0 Å². The number of morpholine rings is 1. The van der Waals surface area contributed by atoms with E-state index in [9.17, 15) is 4.79 Å². The number of aromatic nitrogens is 3. The largest absolute Gasteiger partial charge is 0.378 e. The first-order chi connectivity index (χ1) is 14.7. The van der Waals surface area contributed by atoms with Crippen LogP contribution < -0.4 is 10.6 Å². The fraction of sp³-hybridized carbons (Fsp3) is 0.174. The van der Waals surface area contributed by atoms with Crippen LogP contribution in [0.1, 0.15) is 10.5 Å². The number of hydrogen-bond donors (Lipinski definition) is 1. The second-order valence-electron chi connectivity index (χ2n) is 7.21. The molecule has 1 fully saturated rings. The minimum atomic E-state index is -0.549. The molecule has 2 aromatic carbocycles. The average molecular weight is 399 g/mol. The number of ether oxygens (including phenoxy) is 1. The van der Waals surface area contributed by atoms with Crippen LogP contribution in [-0.4, -0.2) is 47.0 Å². The van der Waals surface area contributed by atoms with Crippen molar-refractivity contribution in [2.45, 2.75) is 0 Å². The molecule has 2 aromatic heterocycles. The molecular weight excluding hydrogens is 378 g/mol. The van der Waals surface area contributed by atoms with Gasteiger partial charge in [-0.25, -0.2) is 4.68 Å². The van der Waals surface area contributed by atoms with E-state index in [1.807, 2.05) is 42.5 Å². The second-order valence-corrected chi connectivity index (χ2v) is 7.21. The Morgan fingerprint density at radius 2 is 1.73 bits per heavy atom. The van der Waals surface area contributed by atoms with Gasteiger partial charge in [0.2, 0.25) is 0 Å². The summed E-state index contributed by atoms with van der Waals surface area (Å²) in [6.07, 6.45) is 3.52. The van der Waals surface area contributed by atoms with Crippen LogP contribution in [0.2, 0.25) is 0 Å². The Morgan fingerprint density at radius 1 is 0.967 bits per heavy atom. The van der Waals surface area contributed by atoms with Crippen molar-refractivity contribution < 1.29 is 9.53 Å². The normalized spacial score (nSPS) is 14.2. The van der Waals surface area contributed by atoms with E-state index in [2.05, 4.69) is 27.1 Å². The van der Waals surface area contributed by atoms with Crippen LogP contribution >= 0.6 is 0 Å². The number of anilines is 1. The zero-order valence-corrected chi connectivity index (χ0v) is 16.4. The predicted molar refractivity (Wildman–Crippen MR) is 116 cm³/mol. The molecule has 1 saturated heterocycles. The monoisotopic (exact) mass is 399 g/mol. The summed E-state index contributed by atoms with van der Waals surface area (Å²) in [6.45, 7) is 3.25. The third-order valence-electron chi connectivity index (χ3n) is 5.38. The smallest absolute Gasteiger partial charge is 0.269 e. The van der Waals surface area contributed by atoms with Gasteiger partial charge in [-0.2, -0.15) is 5.10 Å². The molecule has 3 heterocycles. The Kier molecular flexibility index (Phi) is 4.65. The molecule has 4 aromatic rings. The highest BCUT2D eigenvalue weighted by Crippen LogP contribution is 2.28. The lowest BCUT2D eigenvalue weighted by Gasteiger charge is -2.28. The standard InChI is InChI=1S/C23H21N5O2/c24-23(29)22-20-14-16(17-2-1-9-25-15-17)3-8-21(20)28(26-22)19-6-4-18(5-7-19)27-10-12-30-13-11-27/h1-9,14-15H,10-13H2,(H2,24,29). The molecule has 0 bridgehead atoms. The molecule has 7 nitrogen and oxygen atoms in total. The Hall–Kier alpha value is -3.71. The molecule has 0 aliphatic carbocycles. The molecule has 5 rings (SSSR count). The Morgan fingerprint density at radius 3 is 2.43 bits per heavy atom. The lowest BCUT2D eigenvalue weighted by Crippen LogP contribution is -2.36. The molecule has 150 valence electrons. The highest BCUT2D eigenvalue weighted by atomic mass is 16.5. The predicted octanol–water partition coefficient (Wildman–Crippen LogP) is 3.02. The van der Waals surface area contributed by atoms with Gasteiger partial charge in [0.15, 0.2) is 5.69 Å². The van der Waals surface area contributed by atoms with E-state index in [-0.39, 0.29) is 5.69 Å². The summed E-state index contributed by atoms with van der Waals surface area (Å²) >= 11 is 0. The quantitative estimate of drug-likeness (QED) is 0.570. The Balaban J connectivity index is 1.56. The van der Waals surface area contributed by atoms with Crippen LogP contribution in [0.15, 0.2) is 67.0 Å². The molecule has 30 heavy (non-hydrogen) atoms. The molecule has 1 amide bonds. The number of benzene rings is 2. The summed E-state index contributed by atoms with van der Waals surface area (Å²) in [5.41, 5.74) is 10.7. The fourth-order valence-corrected chi connectivity index (χ4v) is 3.84. The van der Waals surface area contributed by atoms with Crippen molar-refractivity contribution in [3.8, 4) is 16.8 Å². The van der Waals surface area contributed by atoms with Crippen molar-refractivity contribution in [3.05, 3.63) is 72.7 Å². The molecule has 0 unspecified atom stereocenters. The van der Waals surface area contributed by atoms with Gasteiger partial charge in [0.1, 0.15) is 0 Å². The summed E-state index contributed by atoms with van der Waals surface area (Å²) in [4.78, 5) is 18.6. The lowest BCUT2D eigenvalue weighted by molar-refractivity contribution is 0.0996. The van der Waals surface area contributed by atoms with Gasteiger partial charge in [-0.1, -0.05) is 12.1 Å². The van der Waals surface area contributed by atoms with E-state index in [1.54, 1.807) is 17.1 Å². The topological polar surface area (TPSA) is 86.3 Å². The SMILES string of the molecule is NC(=O)c1nn(-c2ccc(N3CCOCC3)cc2)c2ccc(-c3cccnc3)cc12. The number of hydrogen-bond acceptors (Lipinski definition) is 5. The van der Waals surface area contributed by atoms with Crippen molar-refractivity contribution >= 4 is 22.5 Å². The summed E-state index contributed by atoms with van der Waals surface area (Å²) in [6, 6.07) is 17.9. The molecule has 0 atom stereocenters. The number of carbonyl (C=O) groups excluding carboxylic acids is 1. The third kappa shape index (κ3) is 3.29. The van der Waals surface area contributed by atoms with Gasteiger partial charge >= 0.3 is 0 Å². The molecule has 0 saturated carbocycles. The average Bonchev–Trinajstić information content (AvgIpc) is 3.20. The van der Waals surface area contributed by atoms with Gasteiger partial charge in [-0.05, 0) is 48.0 Å². The van der Waals surface area contributed by atoms with E-state index in [1.165, 1.54) is 0 Å². The van der Waals surface area contributed by atoms with Crippen LogP contribution in [-0.2, 0) is 4.74 Å². The number of carbonyl (C=O) groups is 1. The first-order valence-electron chi connectivity index (χ1n) is 9.87. The van der Waals surface area contributed by atoms with Gasteiger partial charge in [-0.15, -0.1) is 0 Å². The molecular formula is C23H21N5O2. The van der Waals surface area contributed by atoms with Crippen LogP contribution in [0.3, 0.4) is 0 Å². The molecule has 0 radical (unpaired) electrons.